The van der Waals surface area contributed by atoms with E-state index in [9.17, 15) is 5.26 Å². The van der Waals surface area contributed by atoms with Crippen molar-refractivity contribution in [1.82, 2.24) is 15.0 Å². The second-order valence-electron chi connectivity index (χ2n) is 4.40. The summed E-state index contributed by atoms with van der Waals surface area (Å²) in [6.07, 6.45) is 1.71. The number of hydrogen-bond donors (Lipinski definition) is 1. The molecule has 0 atom stereocenters. The number of nitrogens with two attached hydrogens (primary N) is 1. The topological polar surface area (TPSA) is 91.7 Å². The Morgan fingerprint density at radius 2 is 2.00 bits per heavy atom. The SMILES string of the molecule is CN(C)c1nc(N)nc(/C(C#N)=C\c2ccccc2Br)n1. The Labute approximate surface area is 131 Å². The first-order valence-corrected chi connectivity index (χ1v) is 6.86. The number of nitrogen functional groups attached to an aromatic ring is 1. The second-order valence-corrected chi connectivity index (χ2v) is 5.26. The van der Waals surface area contributed by atoms with Gasteiger partial charge in [0.15, 0.2) is 5.82 Å². The summed E-state index contributed by atoms with van der Waals surface area (Å²) in [5.74, 6) is 0.743. The minimum atomic E-state index is 0.0805. The van der Waals surface area contributed by atoms with Crippen LogP contribution in [0.5, 0.6) is 0 Å². The van der Waals surface area contributed by atoms with Crippen molar-refractivity contribution in [3.8, 4) is 6.07 Å². The third kappa shape index (κ3) is 3.55. The largest absolute Gasteiger partial charge is 0.368 e. The third-order valence-corrected chi connectivity index (χ3v) is 3.33. The van der Waals surface area contributed by atoms with E-state index in [1.165, 1.54) is 0 Å². The van der Waals surface area contributed by atoms with E-state index in [0.29, 0.717) is 11.5 Å². The number of allylic oxidation sites excluding steroid dienone is 1. The predicted octanol–water partition coefficient (Wildman–Crippen LogP) is 2.35. The Morgan fingerprint density at radius 1 is 1.29 bits per heavy atom. The van der Waals surface area contributed by atoms with Crippen LogP contribution in [0.2, 0.25) is 0 Å². The highest BCUT2D eigenvalue weighted by molar-refractivity contribution is 9.10. The van der Waals surface area contributed by atoms with Gasteiger partial charge >= 0.3 is 0 Å². The van der Waals surface area contributed by atoms with Gasteiger partial charge in [0.05, 0.1) is 5.57 Å². The first kappa shape index (κ1) is 14.9. The molecule has 21 heavy (non-hydrogen) atoms. The van der Waals surface area contributed by atoms with Gasteiger partial charge in [-0.15, -0.1) is 0 Å². The van der Waals surface area contributed by atoms with Crippen LogP contribution in [-0.2, 0) is 0 Å². The Balaban J connectivity index is 2.53. The van der Waals surface area contributed by atoms with Gasteiger partial charge in [-0.3, -0.25) is 0 Å². The molecule has 6 nitrogen and oxygen atoms in total. The van der Waals surface area contributed by atoms with Gasteiger partial charge in [-0.1, -0.05) is 34.1 Å². The van der Waals surface area contributed by atoms with E-state index >= 15 is 0 Å². The zero-order chi connectivity index (χ0) is 15.4. The van der Waals surface area contributed by atoms with E-state index in [1.54, 1.807) is 25.1 Å². The van der Waals surface area contributed by atoms with Crippen LogP contribution in [0, 0.1) is 11.3 Å². The molecule has 0 amide bonds. The van der Waals surface area contributed by atoms with Gasteiger partial charge in [0.2, 0.25) is 11.9 Å². The van der Waals surface area contributed by atoms with Crippen molar-refractivity contribution >= 4 is 39.5 Å². The lowest BCUT2D eigenvalue weighted by Crippen LogP contribution is -2.15. The number of halogens is 1. The van der Waals surface area contributed by atoms with Crippen molar-refractivity contribution in [1.29, 1.82) is 5.26 Å². The second kappa shape index (κ2) is 6.33. The highest BCUT2D eigenvalue weighted by atomic mass is 79.9. The van der Waals surface area contributed by atoms with Crippen LogP contribution < -0.4 is 10.6 Å². The van der Waals surface area contributed by atoms with Gasteiger partial charge in [0.1, 0.15) is 6.07 Å². The Hall–Kier alpha value is -2.46. The fraction of sp³-hybridized carbons (Fsp3) is 0.143. The van der Waals surface area contributed by atoms with Gasteiger partial charge in [-0.2, -0.15) is 20.2 Å². The zero-order valence-corrected chi connectivity index (χ0v) is 13.2. The van der Waals surface area contributed by atoms with Gasteiger partial charge in [-0.05, 0) is 17.7 Å². The van der Waals surface area contributed by atoms with E-state index in [0.717, 1.165) is 10.0 Å². The molecule has 1 aromatic carbocycles. The van der Waals surface area contributed by atoms with E-state index in [1.807, 2.05) is 24.3 Å². The summed E-state index contributed by atoms with van der Waals surface area (Å²) in [4.78, 5) is 14.0. The minimum Gasteiger partial charge on any atom is -0.368 e. The lowest BCUT2D eigenvalue weighted by Gasteiger charge is -2.11. The summed E-state index contributed by atoms with van der Waals surface area (Å²) in [5, 5.41) is 9.36. The van der Waals surface area contributed by atoms with Crippen LogP contribution in [0.15, 0.2) is 28.7 Å². The highest BCUT2D eigenvalue weighted by Crippen LogP contribution is 2.22. The lowest BCUT2D eigenvalue weighted by molar-refractivity contribution is 0.952. The average Bonchev–Trinajstić information content (AvgIpc) is 2.45. The molecule has 0 saturated heterocycles. The standard InChI is InChI=1S/C14H13BrN6/c1-21(2)14-19-12(18-13(17)20-14)10(8-16)7-9-5-3-4-6-11(9)15/h3-7H,1-2H3,(H2,17,18,19,20)/b10-7-. The normalized spacial score (nSPS) is 11.0. The van der Waals surface area contributed by atoms with Crippen molar-refractivity contribution in [2.75, 3.05) is 24.7 Å². The summed E-state index contributed by atoms with van der Waals surface area (Å²) in [6, 6.07) is 9.67. The fourth-order valence-electron chi connectivity index (χ4n) is 1.60. The molecule has 7 heteroatoms. The molecule has 2 aromatic rings. The molecule has 106 valence electrons. The van der Waals surface area contributed by atoms with Crippen molar-refractivity contribution in [3.63, 3.8) is 0 Å². The van der Waals surface area contributed by atoms with Crippen LogP contribution in [0.4, 0.5) is 11.9 Å². The molecule has 0 unspecified atom stereocenters. The first-order valence-electron chi connectivity index (χ1n) is 6.07. The predicted molar refractivity (Wildman–Crippen MR) is 86.2 cm³/mol. The Kier molecular flexibility index (Phi) is 4.50. The van der Waals surface area contributed by atoms with Crippen LogP contribution in [0.25, 0.3) is 11.6 Å². The quantitative estimate of drug-likeness (QED) is 0.859. The monoisotopic (exact) mass is 344 g/mol. The molecule has 0 radical (unpaired) electrons. The molecule has 0 aliphatic heterocycles. The number of anilines is 2. The smallest absolute Gasteiger partial charge is 0.230 e. The number of aromatic nitrogens is 3. The Bertz CT molecular complexity index is 732. The van der Waals surface area contributed by atoms with Gasteiger partial charge in [0, 0.05) is 18.6 Å². The summed E-state index contributed by atoms with van der Waals surface area (Å²) in [5.41, 5.74) is 6.86. The number of nitrogens with zero attached hydrogens (tertiary/aromatic N) is 5. The zero-order valence-electron chi connectivity index (χ0n) is 11.6. The van der Waals surface area contributed by atoms with Crippen molar-refractivity contribution in [2.24, 2.45) is 0 Å². The lowest BCUT2D eigenvalue weighted by atomic mass is 10.1. The first-order chi connectivity index (χ1) is 10.0. The molecular weight excluding hydrogens is 332 g/mol. The van der Waals surface area contributed by atoms with E-state index in [-0.39, 0.29) is 11.8 Å². The van der Waals surface area contributed by atoms with E-state index in [4.69, 9.17) is 5.73 Å². The fourth-order valence-corrected chi connectivity index (χ4v) is 1.99. The number of benzene rings is 1. The van der Waals surface area contributed by atoms with E-state index in [2.05, 4.69) is 37.0 Å². The number of rotatable bonds is 3. The molecule has 0 fully saturated rings. The minimum absolute atomic E-state index is 0.0805. The van der Waals surface area contributed by atoms with Gasteiger partial charge in [0.25, 0.3) is 0 Å². The van der Waals surface area contributed by atoms with Crippen LogP contribution in [0.1, 0.15) is 11.4 Å². The van der Waals surface area contributed by atoms with E-state index < -0.39 is 0 Å². The molecular formula is C14H13BrN6. The Morgan fingerprint density at radius 3 is 2.62 bits per heavy atom. The molecule has 0 bridgehead atoms. The van der Waals surface area contributed by atoms with Gasteiger partial charge in [-0.25, -0.2) is 0 Å². The molecule has 2 rings (SSSR count). The third-order valence-electron chi connectivity index (χ3n) is 2.61. The molecule has 0 aliphatic rings. The maximum Gasteiger partial charge on any atom is 0.230 e. The van der Waals surface area contributed by atoms with Crippen molar-refractivity contribution < 1.29 is 0 Å². The number of hydrogen-bond acceptors (Lipinski definition) is 6. The van der Waals surface area contributed by atoms with Crippen LogP contribution in [0.3, 0.4) is 0 Å². The average molecular weight is 345 g/mol. The highest BCUT2D eigenvalue weighted by Gasteiger charge is 2.11. The molecule has 0 saturated carbocycles. The van der Waals surface area contributed by atoms with Gasteiger partial charge < -0.3 is 10.6 Å². The summed E-state index contributed by atoms with van der Waals surface area (Å²) < 4.78 is 0.882. The van der Waals surface area contributed by atoms with Crippen molar-refractivity contribution in [3.05, 3.63) is 40.1 Å². The molecule has 1 aromatic heterocycles. The molecule has 2 N–H and O–H groups in total. The molecule has 1 heterocycles. The maximum atomic E-state index is 9.36. The molecule has 0 aliphatic carbocycles. The number of nitriles is 1. The summed E-state index contributed by atoms with van der Waals surface area (Å²) in [7, 11) is 3.59. The summed E-state index contributed by atoms with van der Waals surface area (Å²) >= 11 is 3.44. The van der Waals surface area contributed by atoms with Crippen molar-refractivity contribution in [2.45, 2.75) is 0 Å². The summed E-state index contributed by atoms with van der Waals surface area (Å²) in [6.45, 7) is 0. The van der Waals surface area contributed by atoms with Crippen LogP contribution in [-0.4, -0.2) is 29.0 Å². The maximum absolute atomic E-state index is 9.36. The van der Waals surface area contributed by atoms with Crippen LogP contribution >= 0.6 is 15.9 Å². The molecule has 0 spiro atoms.